The Bertz CT molecular complexity index is 1110. The normalized spacial score (nSPS) is 26.1. The molecule has 5 rings (SSSR count). The average Bonchev–Trinajstić information content (AvgIpc) is 3.61. The molecule has 0 aliphatic carbocycles. The van der Waals surface area contributed by atoms with Crippen molar-refractivity contribution >= 4 is 52.2 Å². The molecule has 3 aliphatic rings. The van der Waals surface area contributed by atoms with Crippen LogP contribution in [0.2, 0.25) is 5.28 Å². The molecule has 5 heterocycles. The molecule has 0 bridgehead atoms. The second-order valence-electron chi connectivity index (χ2n) is 8.61. The number of rotatable bonds is 5. The van der Waals surface area contributed by atoms with Crippen molar-refractivity contribution in [3.8, 4) is 12.3 Å². The van der Waals surface area contributed by atoms with Crippen molar-refractivity contribution < 1.29 is 24.5 Å². The molecule has 0 spiro atoms. The molecule has 3 aliphatic heterocycles. The summed E-state index contributed by atoms with van der Waals surface area (Å²) >= 11 is 7.73. The quantitative estimate of drug-likeness (QED) is 0.218. The van der Waals surface area contributed by atoms with Crippen LogP contribution in [0.4, 0.5) is 10.6 Å². The summed E-state index contributed by atoms with van der Waals surface area (Å²) in [5.41, 5.74) is 5.48. The van der Waals surface area contributed by atoms with E-state index < -0.39 is 11.6 Å². The summed E-state index contributed by atoms with van der Waals surface area (Å²) in [6, 6.07) is 2.62. The van der Waals surface area contributed by atoms with Gasteiger partial charge in [0, 0.05) is 24.1 Å². The number of ether oxygens (including phenoxy) is 1. The summed E-state index contributed by atoms with van der Waals surface area (Å²) < 4.78 is 7.63. The number of carbonyl (C=O) groups excluding carboxylic acids is 1. The zero-order valence-electron chi connectivity index (χ0n) is 19.9. The first-order valence-electron chi connectivity index (χ1n) is 11.6. The number of terminal acetylenes is 1. The molecule has 196 valence electrons. The fourth-order valence-corrected chi connectivity index (χ4v) is 5.45. The van der Waals surface area contributed by atoms with Gasteiger partial charge in [-0.3, -0.25) is 4.79 Å². The van der Waals surface area contributed by atoms with Crippen LogP contribution in [0, 0.1) is 12.3 Å². The Hall–Kier alpha value is -2.72. The van der Waals surface area contributed by atoms with Gasteiger partial charge < -0.3 is 35.9 Å². The maximum absolute atomic E-state index is 10.6. The largest absolute Gasteiger partial charge is 0.481 e. The number of hydrogen-bond donors (Lipinski definition) is 5. The first-order chi connectivity index (χ1) is 17.2. The number of carbonyl (C=O) groups is 2. The van der Waals surface area contributed by atoms with Crippen molar-refractivity contribution in [1.82, 2.24) is 25.2 Å². The van der Waals surface area contributed by atoms with Crippen LogP contribution in [0.25, 0.3) is 11.0 Å². The van der Waals surface area contributed by atoms with Crippen LogP contribution >= 0.6 is 23.4 Å². The summed E-state index contributed by atoms with van der Waals surface area (Å²) in [6.07, 6.45) is 10.3. The van der Waals surface area contributed by atoms with E-state index in [1.165, 1.54) is 0 Å². The third kappa shape index (κ3) is 6.73. The highest BCUT2D eigenvalue weighted by atomic mass is 35.5. The van der Waals surface area contributed by atoms with Crippen LogP contribution in [0.3, 0.4) is 0 Å². The number of thioether (sulfide) groups is 1. The highest BCUT2D eigenvalue weighted by Gasteiger charge is 2.39. The third-order valence-electron chi connectivity index (χ3n) is 6.02. The molecule has 0 saturated carbocycles. The van der Waals surface area contributed by atoms with E-state index in [4.69, 9.17) is 33.6 Å². The van der Waals surface area contributed by atoms with Gasteiger partial charge in [0.15, 0.2) is 5.60 Å². The molecule has 13 heteroatoms. The Kier molecular flexibility index (Phi) is 9.67. The lowest BCUT2D eigenvalue weighted by molar-refractivity contribution is -0.137. The van der Waals surface area contributed by atoms with Gasteiger partial charge in [-0.15, -0.1) is 6.42 Å². The van der Waals surface area contributed by atoms with Crippen molar-refractivity contribution in [3.63, 3.8) is 0 Å². The molecule has 2 aromatic rings. The van der Waals surface area contributed by atoms with E-state index in [1.807, 2.05) is 23.3 Å². The number of nitrogens with one attached hydrogen (secondary N) is 2. The van der Waals surface area contributed by atoms with E-state index in [-0.39, 0.29) is 24.1 Å². The Balaban J connectivity index is 0.000000185. The Morgan fingerprint density at radius 1 is 1.42 bits per heavy atom. The topological polar surface area (TPSA) is 165 Å². The monoisotopic (exact) mass is 538 g/mol. The molecule has 6 N–H and O–H groups in total. The number of aliphatic hydroxyl groups is 1. The summed E-state index contributed by atoms with van der Waals surface area (Å²) in [7, 11) is 0. The molecule has 2 aromatic heterocycles. The van der Waals surface area contributed by atoms with Gasteiger partial charge >= 0.3 is 12.0 Å². The van der Waals surface area contributed by atoms with E-state index >= 15 is 0 Å². The zero-order chi connectivity index (χ0) is 26.3. The van der Waals surface area contributed by atoms with Gasteiger partial charge in [-0.2, -0.15) is 16.7 Å². The van der Waals surface area contributed by atoms with E-state index in [0.29, 0.717) is 48.2 Å². The lowest BCUT2D eigenvalue weighted by Crippen LogP contribution is -2.31. The lowest BCUT2D eigenvalue weighted by atomic mass is 10.0. The van der Waals surface area contributed by atoms with Crippen molar-refractivity contribution in [2.45, 2.75) is 62.9 Å². The molecule has 3 fully saturated rings. The first kappa shape index (κ1) is 27.9. The van der Waals surface area contributed by atoms with Crippen molar-refractivity contribution in [2.24, 2.45) is 0 Å². The minimum absolute atomic E-state index is 0.00491. The Morgan fingerprint density at radius 2 is 2.11 bits per heavy atom. The van der Waals surface area contributed by atoms with E-state index in [1.54, 1.807) is 12.3 Å². The molecular formula is C23H31ClN6O5S. The summed E-state index contributed by atoms with van der Waals surface area (Å²) in [6.45, 7) is 1.76. The number of halogens is 1. The summed E-state index contributed by atoms with van der Waals surface area (Å²) in [5.74, 6) is 4.30. The predicted molar refractivity (Wildman–Crippen MR) is 139 cm³/mol. The van der Waals surface area contributed by atoms with E-state index in [2.05, 4.69) is 26.5 Å². The maximum Gasteiger partial charge on any atom is 0.315 e. The van der Waals surface area contributed by atoms with Gasteiger partial charge in [0.1, 0.15) is 17.7 Å². The number of hydrogen-bond acceptors (Lipinski definition) is 8. The number of aliphatic carboxylic acids is 1. The number of amides is 2. The second kappa shape index (κ2) is 12.5. The molecule has 36 heavy (non-hydrogen) atoms. The van der Waals surface area contributed by atoms with Gasteiger partial charge in [0.05, 0.1) is 24.1 Å². The van der Waals surface area contributed by atoms with Gasteiger partial charge in [-0.05, 0) is 36.9 Å². The number of carboxylic acids is 1. The highest BCUT2D eigenvalue weighted by Crippen LogP contribution is 2.38. The molecule has 0 radical (unpaired) electrons. The molecular weight excluding hydrogens is 508 g/mol. The van der Waals surface area contributed by atoms with Crippen LogP contribution in [0.15, 0.2) is 12.3 Å². The Labute approximate surface area is 218 Å². The molecule has 2 amide bonds. The number of nitrogen functional groups attached to an aromatic ring is 1. The smallest absolute Gasteiger partial charge is 0.315 e. The fourth-order valence-electron chi connectivity index (χ4n) is 4.01. The molecule has 0 aromatic carbocycles. The lowest BCUT2D eigenvalue weighted by Gasteiger charge is -2.21. The van der Waals surface area contributed by atoms with Gasteiger partial charge in [0.2, 0.25) is 5.28 Å². The minimum atomic E-state index is -0.927. The number of urea groups is 1. The first-order valence-corrected chi connectivity index (χ1v) is 13.2. The fraction of sp³-hybridized carbons (Fsp3) is 0.565. The number of aliphatic hydroxyl groups excluding tert-OH is 1. The molecule has 11 nitrogen and oxygen atoms in total. The molecule has 3 saturated heterocycles. The molecule has 4 atom stereocenters. The van der Waals surface area contributed by atoms with Crippen molar-refractivity contribution in [2.75, 3.05) is 23.8 Å². The van der Waals surface area contributed by atoms with Crippen LogP contribution in [0.1, 0.15) is 45.3 Å². The molecule has 2 unspecified atom stereocenters. The maximum atomic E-state index is 10.6. The SMILES string of the molecule is C#C[C@@]1(CO)CCC(n2ccc3c(N)nc(Cl)nc32)O1.CCCCC(=O)O.O=C1NC2CSC[C@H]2N1. The van der Waals surface area contributed by atoms with E-state index in [9.17, 15) is 14.7 Å². The van der Waals surface area contributed by atoms with Crippen LogP contribution in [0.5, 0.6) is 0 Å². The Morgan fingerprint density at radius 3 is 2.64 bits per heavy atom. The number of fused-ring (bicyclic) bond motifs is 2. The number of anilines is 1. The number of carboxylic acid groups (broad SMARTS) is 1. The number of nitrogens with zero attached hydrogens (tertiary/aromatic N) is 3. The number of nitrogens with two attached hydrogens (primary N) is 1. The van der Waals surface area contributed by atoms with Crippen LogP contribution in [-0.2, 0) is 9.53 Å². The van der Waals surface area contributed by atoms with Gasteiger partial charge in [0.25, 0.3) is 0 Å². The summed E-state index contributed by atoms with van der Waals surface area (Å²) in [5, 5.41) is 23.9. The standard InChI is InChI=1S/C13H13ClN4O2.C5H8N2OS.C5H10O2/c1-2-13(7-19)5-3-9(20-13)18-6-4-8-10(15)16-12(14)17-11(8)18;8-5-6-3-1-9-2-4(3)7-5;1-2-3-4-5(6)7/h1,4,6,9,19H,3,5,7H2,(H2,15,16,17);3-4H,1-2H2,(H2,6,7,8);2-4H2,1H3,(H,6,7)/t9?,13-;3-,4?;/m01./s1. The number of unbranched alkanes of at least 4 members (excludes halogenated alkanes) is 1. The number of aromatic nitrogens is 3. The van der Waals surface area contributed by atoms with E-state index in [0.717, 1.165) is 24.3 Å². The zero-order valence-corrected chi connectivity index (χ0v) is 21.5. The average molecular weight is 539 g/mol. The van der Waals surface area contributed by atoms with Gasteiger partial charge in [-0.1, -0.05) is 19.3 Å². The minimum Gasteiger partial charge on any atom is -0.481 e. The second-order valence-corrected chi connectivity index (χ2v) is 10.0. The predicted octanol–water partition coefficient (Wildman–Crippen LogP) is 2.38. The van der Waals surface area contributed by atoms with Crippen LogP contribution in [-0.4, -0.2) is 72.5 Å². The third-order valence-corrected chi connectivity index (χ3v) is 7.38. The highest BCUT2D eigenvalue weighted by molar-refractivity contribution is 7.99. The summed E-state index contributed by atoms with van der Waals surface area (Å²) in [4.78, 5) is 28.5. The van der Waals surface area contributed by atoms with Crippen molar-refractivity contribution in [3.05, 3.63) is 17.5 Å². The van der Waals surface area contributed by atoms with Gasteiger partial charge in [-0.25, -0.2) is 9.78 Å². The van der Waals surface area contributed by atoms with Crippen molar-refractivity contribution in [1.29, 1.82) is 0 Å². The van der Waals surface area contributed by atoms with Crippen LogP contribution < -0.4 is 16.4 Å².